The van der Waals surface area contributed by atoms with Crippen LogP contribution in [-0.2, 0) is 11.3 Å². The van der Waals surface area contributed by atoms with E-state index in [2.05, 4.69) is 27.0 Å². The van der Waals surface area contributed by atoms with Gasteiger partial charge in [0.25, 0.3) is 0 Å². The number of imidazole rings is 1. The van der Waals surface area contributed by atoms with Crippen LogP contribution in [0.1, 0.15) is 5.56 Å². The Bertz CT molecular complexity index is 767. The van der Waals surface area contributed by atoms with Crippen molar-refractivity contribution >= 4 is 32.9 Å². The van der Waals surface area contributed by atoms with Crippen LogP contribution in [0.2, 0.25) is 0 Å². The summed E-state index contributed by atoms with van der Waals surface area (Å²) in [5.41, 5.74) is 10.0. The molecule has 0 aliphatic heterocycles. The molecule has 20 heavy (non-hydrogen) atoms. The molecule has 0 amide bonds. The minimum Gasteiger partial charge on any atom is -0.380 e. The predicted molar refractivity (Wildman–Crippen MR) is 83.9 cm³/mol. The number of hydrogen-bond acceptors (Lipinski definition) is 3. The molecule has 1 heterocycles. The van der Waals surface area contributed by atoms with Gasteiger partial charge in [-0.1, -0.05) is 28.1 Å². The van der Waals surface area contributed by atoms with E-state index >= 15 is 0 Å². The summed E-state index contributed by atoms with van der Waals surface area (Å²) in [5, 5.41) is 0. The summed E-state index contributed by atoms with van der Waals surface area (Å²) in [6.07, 6.45) is 0. The number of ether oxygens (including phenoxy) is 1. The minimum absolute atomic E-state index is 0.479. The fourth-order valence-corrected chi connectivity index (χ4v) is 2.64. The van der Waals surface area contributed by atoms with E-state index in [9.17, 15) is 0 Å². The third-order valence-electron chi connectivity index (χ3n) is 3.12. The van der Waals surface area contributed by atoms with Crippen molar-refractivity contribution in [2.75, 3.05) is 12.8 Å². The SMILES string of the molecule is COCc1cccc(-n2c(N)nc3cc(Br)ccc32)c1. The van der Waals surface area contributed by atoms with Crippen LogP contribution in [-0.4, -0.2) is 16.7 Å². The molecule has 0 bridgehead atoms. The van der Waals surface area contributed by atoms with Crippen molar-refractivity contribution in [3.63, 3.8) is 0 Å². The summed E-state index contributed by atoms with van der Waals surface area (Å²) in [4.78, 5) is 4.41. The minimum atomic E-state index is 0.479. The molecule has 0 aliphatic rings. The van der Waals surface area contributed by atoms with Crippen molar-refractivity contribution in [2.24, 2.45) is 0 Å². The summed E-state index contributed by atoms with van der Waals surface area (Å²) in [5.74, 6) is 0.479. The Labute approximate surface area is 125 Å². The Balaban J connectivity index is 2.18. The standard InChI is InChI=1S/C15H14BrN3O/c1-20-9-10-3-2-4-12(7-10)19-14-6-5-11(16)8-13(14)18-15(19)17/h2-8H,9H2,1H3,(H2,17,18). The van der Waals surface area contributed by atoms with Crippen molar-refractivity contribution in [3.05, 3.63) is 52.5 Å². The van der Waals surface area contributed by atoms with E-state index in [0.29, 0.717) is 12.6 Å². The number of methoxy groups -OCH3 is 1. The number of aromatic nitrogens is 2. The summed E-state index contributed by atoms with van der Waals surface area (Å²) in [6, 6.07) is 14.0. The second kappa shape index (κ2) is 5.26. The molecule has 0 saturated heterocycles. The van der Waals surface area contributed by atoms with Gasteiger partial charge in [0.15, 0.2) is 0 Å². The molecule has 0 aliphatic carbocycles. The Morgan fingerprint density at radius 1 is 1.25 bits per heavy atom. The van der Waals surface area contributed by atoms with Gasteiger partial charge >= 0.3 is 0 Å². The highest BCUT2D eigenvalue weighted by Gasteiger charge is 2.10. The number of hydrogen-bond donors (Lipinski definition) is 1. The molecular formula is C15H14BrN3O. The predicted octanol–water partition coefficient (Wildman–Crippen LogP) is 3.52. The molecule has 0 fully saturated rings. The van der Waals surface area contributed by atoms with Gasteiger partial charge in [-0.2, -0.15) is 0 Å². The van der Waals surface area contributed by atoms with Crippen molar-refractivity contribution in [3.8, 4) is 5.69 Å². The molecule has 0 radical (unpaired) electrons. The van der Waals surface area contributed by atoms with E-state index in [1.807, 2.05) is 41.0 Å². The molecule has 2 N–H and O–H groups in total. The lowest BCUT2D eigenvalue weighted by Crippen LogP contribution is -2.01. The van der Waals surface area contributed by atoms with Gasteiger partial charge in [-0.05, 0) is 35.9 Å². The van der Waals surface area contributed by atoms with Crippen LogP contribution in [0.15, 0.2) is 46.9 Å². The lowest BCUT2D eigenvalue weighted by Gasteiger charge is -2.08. The number of nitrogen functional groups attached to an aromatic ring is 1. The van der Waals surface area contributed by atoms with Crippen LogP contribution in [0.5, 0.6) is 0 Å². The molecule has 4 nitrogen and oxygen atoms in total. The Morgan fingerprint density at radius 2 is 2.10 bits per heavy atom. The molecule has 1 aromatic heterocycles. The molecule has 3 aromatic rings. The monoisotopic (exact) mass is 331 g/mol. The largest absolute Gasteiger partial charge is 0.380 e. The van der Waals surface area contributed by atoms with E-state index in [0.717, 1.165) is 26.8 Å². The maximum atomic E-state index is 6.06. The molecule has 2 aromatic carbocycles. The number of nitrogens with zero attached hydrogens (tertiary/aromatic N) is 2. The first-order valence-corrected chi connectivity index (χ1v) is 7.00. The number of fused-ring (bicyclic) bond motifs is 1. The van der Waals surface area contributed by atoms with Gasteiger partial charge in [0.1, 0.15) is 0 Å². The molecular weight excluding hydrogens is 318 g/mol. The molecule has 0 saturated carbocycles. The van der Waals surface area contributed by atoms with Crippen LogP contribution in [0, 0.1) is 0 Å². The van der Waals surface area contributed by atoms with Crippen LogP contribution < -0.4 is 5.73 Å². The van der Waals surface area contributed by atoms with Gasteiger partial charge in [-0.25, -0.2) is 4.98 Å². The van der Waals surface area contributed by atoms with Gasteiger partial charge in [0.2, 0.25) is 5.95 Å². The van der Waals surface area contributed by atoms with Crippen LogP contribution in [0.3, 0.4) is 0 Å². The van der Waals surface area contributed by atoms with E-state index in [4.69, 9.17) is 10.5 Å². The highest BCUT2D eigenvalue weighted by Crippen LogP contribution is 2.26. The lowest BCUT2D eigenvalue weighted by molar-refractivity contribution is 0.185. The van der Waals surface area contributed by atoms with E-state index < -0.39 is 0 Å². The van der Waals surface area contributed by atoms with Gasteiger partial charge < -0.3 is 10.5 Å². The normalized spacial score (nSPS) is 11.1. The summed E-state index contributed by atoms with van der Waals surface area (Å²) < 4.78 is 8.11. The van der Waals surface area contributed by atoms with Crippen molar-refractivity contribution < 1.29 is 4.74 Å². The zero-order chi connectivity index (χ0) is 14.1. The number of nitrogens with two attached hydrogens (primary N) is 1. The summed E-state index contributed by atoms with van der Waals surface area (Å²) in [7, 11) is 1.69. The van der Waals surface area contributed by atoms with E-state index in [1.165, 1.54) is 0 Å². The fraction of sp³-hybridized carbons (Fsp3) is 0.133. The van der Waals surface area contributed by atoms with Gasteiger partial charge in [0.05, 0.1) is 17.6 Å². The maximum Gasteiger partial charge on any atom is 0.205 e. The summed E-state index contributed by atoms with van der Waals surface area (Å²) >= 11 is 3.45. The average molecular weight is 332 g/mol. The highest BCUT2D eigenvalue weighted by molar-refractivity contribution is 9.10. The average Bonchev–Trinajstić information content (AvgIpc) is 2.74. The van der Waals surface area contributed by atoms with Crippen LogP contribution in [0.25, 0.3) is 16.7 Å². The van der Waals surface area contributed by atoms with Crippen molar-refractivity contribution in [1.82, 2.24) is 9.55 Å². The third-order valence-corrected chi connectivity index (χ3v) is 3.62. The first-order valence-electron chi connectivity index (χ1n) is 6.21. The Hall–Kier alpha value is -1.85. The maximum absolute atomic E-state index is 6.06. The number of halogens is 1. The molecule has 5 heteroatoms. The number of rotatable bonds is 3. The van der Waals surface area contributed by atoms with Gasteiger partial charge in [-0.3, -0.25) is 4.57 Å². The van der Waals surface area contributed by atoms with Crippen LogP contribution >= 0.6 is 15.9 Å². The first kappa shape index (κ1) is 13.1. The third kappa shape index (κ3) is 2.30. The lowest BCUT2D eigenvalue weighted by atomic mass is 10.2. The Kier molecular flexibility index (Phi) is 3.46. The smallest absolute Gasteiger partial charge is 0.205 e. The van der Waals surface area contributed by atoms with Crippen LogP contribution in [0.4, 0.5) is 5.95 Å². The second-order valence-electron chi connectivity index (χ2n) is 4.54. The quantitative estimate of drug-likeness (QED) is 0.798. The highest BCUT2D eigenvalue weighted by atomic mass is 79.9. The Morgan fingerprint density at radius 3 is 2.90 bits per heavy atom. The van der Waals surface area contributed by atoms with Gasteiger partial charge in [0, 0.05) is 17.3 Å². The molecule has 3 rings (SSSR count). The van der Waals surface area contributed by atoms with Crippen molar-refractivity contribution in [1.29, 1.82) is 0 Å². The zero-order valence-corrected chi connectivity index (χ0v) is 12.6. The van der Waals surface area contributed by atoms with E-state index in [-0.39, 0.29) is 0 Å². The fourth-order valence-electron chi connectivity index (χ4n) is 2.30. The van der Waals surface area contributed by atoms with E-state index in [1.54, 1.807) is 7.11 Å². The summed E-state index contributed by atoms with van der Waals surface area (Å²) in [6.45, 7) is 0.575. The molecule has 102 valence electrons. The zero-order valence-electron chi connectivity index (χ0n) is 11.0. The molecule has 0 spiro atoms. The molecule has 0 unspecified atom stereocenters. The second-order valence-corrected chi connectivity index (χ2v) is 5.46. The first-order chi connectivity index (χ1) is 9.69. The molecule has 0 atom stereocenters. The number of benzene rings is 2. The number of anilines is 1. The van der Waals surface area contributed by atoms with Crippen molar-refractivity contribution in [2.45, 2.75) is 6.61 Å². The van der Waals surface area contributed by atoms with Gasteiger partial charge in [-0.15, -0.1) is 0 Å². The topological polar surface area (TPSA) is 53.1 Å².